The predicted octanol–water partition coefficient (Wildman–Crippen LogP) is 3.62. The van der Waals surface area contributed by atoms with E-state index in [0.717, 1.165) is 11.3 Å². The molecular formula is C17H16ClN3O2. The molecule has 0 aliphatic rings. The van der Waals surface area contributed by atoms with Crippen LogP contribution in [0.15, 0.2) is 36.5 Å². The lowest BCUT2D eigenvalue weighted by Gasteiger charge is -2.06. The summed E-state index contributed by atoms with van der Waals surface area (Å²) >= 11 is 6.40. The zero-order valence-corrected chi connectivity index (χ0v) is 13.7. The van der Waals surface area contributed by atoms with E-state index in [1.807, 2.05) is 37.3 Å². The summed E-state index contributed by atoms with van der Waals surface area (Å²) in [5, 5.41) is 5.54. The Morgan fingerprint density at radius 1 is 1.30 bits per heavy atom. The van der Waals surface area contributed by atoms with Crippen molar-refractivity contribution in [2.45, 2.75) is 20.4 Å². The van der Waals surface area contributed by atoms with Crippen LogP contribution < -0.4 is 0 Å². The summed E-state index contributed by atoms with van der Waals surface area (Å²) in [5.41, 5.74) is 2.77. The molecule has 2 aromatic heterocycles. The minimum Gasteiger partial charge on any atom is -0.462 e. The van der Waals surface area contributed by atoms with Crippen LogP contribution >= 0.6 is 11.6 Å². The van der Waals surface area contributed by atoms with Gasteiger partial charge in [0.2, 0.25) is 0 Å². The van der Waals surface area contributed by atoms with Gasteiger partial charge in [0.1, 0.15) is 0 Å². The fourth-order valence-corrected chi connectivity index (χ4v) is 2.84. The molecule has 0 spiro atoms. The number of carbonyl (C=O) groups is 1. The zero-order chi connectivity index (χ0) is 16.4. The van der Waals surface area contributed by atoms with Gasteiger partial charge in [-0.3, -0.25) is 0 Å². The van der Waals surface area contributed by atoms with E-state index >= 15 is 0 Å². The molecule has 0 radical (unpaired) electrons. The third kappa shape index (κ3) is 2.92. The summed E-state index contributed by atoms with van der Waals surface area (Å²) in [6.07, 6.45) is 1.45. The number of pyridine rings is 1. The van der Waals surface area contributed by atoms with Crippen LogP contribution in [0.3, 0.4) is 0 Å². The van der Waals surface area contributed by atoms with Crippen molar-refractivity contribution < 1.29 is 9.53 Å². The maximum atomic E-state index is 11.9. The van der Waals surface area contributed by atoms with Gasteiger partial charge in [-0.2, -0.15) is 5.10 Å². The van der Waals surface area contributed by atoms with Crippen LogP contribution in [0.4, 0.5) is 0 Å². The number of nitrogens with zero attached hydrogens (tertiary/aromatic N) is 3. The Morgan fingerprint density at radius 3 is 2.74 bits per heavy atom. The third-order valence-electron chi connectivity index (χ3n) is 3.54. The smallest absolute Gasteiger partial charge is 0.341 e. The van der Waals surface area contributed by atoms with Crippen LogP contribution in [-0.2, 0) is 11.3 Å². The number of esters is 1. The molecule has 1 aromatic carbocycles. The van der Waals surface area contributed by atoms with Gasteiger partial charge in [0.05, 0.1) is 34.8 Å². The topological polar surface area (TPSA) is 57.0 Å². The Morgan fingerprint density at radius 2 is 2.04 bits per heavy atom. The quantitative estimate of drug-likeness (QED) is 0.686. The van der Waals surface area contributed by atoms with E-state index in [0.29, 0.717) is 29.2 Å². The van der Waals surface area contributed by atoms with Gasteiger partial charge in [0, 0.05) is 6.20 Å². The van der Waals surface area contributed by atoms with Crippen molar-refractivity contribution in [3.05, 3.63) is 58.4 Å². The molecule has 6 heteroatoms. The molecule has 0 fully saturated rings. The minimum absolute atomic E-state index is 0.267. The van der Waals surface area contributed by atoms with Crippen LogP contribution in [-0.4, -0.2) is 27.3 Å². The number of halogens is 1. The summed E-state index contributed by atoms with van der Waals surface area (Å²) in [7, 11) is 0. The number of ether oxygens (including phenoxy) is 1. The van der Waals surface area contributed by atoms with E-state index in [-0.39, 0.29) is 5.56 Å². The Balaban J connectivity index is 2.06. The standard InChI is InChI=1S/C17H16ClN3O2/c1-3-23-17(22)13-9-19-16-14(15(13)18)11(2)20-21(16)10-12-7-5-4-6-8-12/h4-9H,3,10H2,1-2H3. The predicted molar refractivity (Wildman–Crippen MR) is 88.8 cm³/mol. The fourth-order valence-electron chi connectivity index (χ4n) is 2.49. The van der Waals surface area contributed by atoms with Crippen LogP contribution in [0.2, 0.25) is 5.02 Å². The molecule has 5 nitrogen and oxygen atoms in total. The van der Waals surface area contributed by atoms with Crippen LogP contribution in [0.1, 0.15) is 28.5 Å². The summed E-state index contributed by atoms with van der Waals surface area (Å²) in [6.45, 7) is 4.49. The second-order valence-electron chi connectivity index (χ2n) is 5.13. The van der Waals surface area contributed by atoms with Crippen molar-refractivity contribution in [1.29, 1.82) is 0 Å². The van der Waals surface area contributed by atoms with E-state index in [9.17, 15) is 4.79 Å². The number of rotatable bonds is 4. The molecule has 0 saturated heterocycles. The normalized spacial score (nSPS) is 10.9. The van der Waals surface area contributed by atoms with Crippen molar-refractivity contribution in [3.63, 3.8) is 0 Å². The molecular weight excluding hydrogens is 314 g/mol. The first-order chi connectivity index (χ1) is 11.1. The first kappa shape index (κ1) is 15.5. The Labute approximate surface area is 138 Å². The van der Waals surface area contributed by atoms with Gasteiger partial charge < -0.3 is 4.74 Å². The average Bonchev–Trinajstić information content (AvgIpc) is 2.85. The van der Waals surface area contributed by atoms with Gasteiger partial charge in [-0.1, -0.05) is 41.9 Å². The number of carbonyl (C=O) groups excluding carboxylic acids is 1. The molecule has 0 aliphatic heterocycles. The Bertz CT molecular complexity index is 859. The second kappa shape index (κ2) is 6.38. The lowest BCUT2D eigenvalue weighted by molar-refractivity contribution is 0.0526. The van der Waals surface area contributed by atoms with Crippen molar-refractivity contribution in [3.8, 4) is 0 Å². The largest absolute Gasteiger partial charge is 0.462 e. The summed E-state index contributed by atoms with van der Waals surface area (Å²) in [4.78, 5) is 16.3. The SMILES string of the molecule is CCOC(=O)c1cnc2c(c(C)nn2Cc2ccccc2)c1Cl. The lowest BCUT2D eigenvalue weighted by atomic mass is 10.2. The van der Waals surface area contributed by atoms with Crippen molar-refractivity contribution >= 4 is 28.6 Å². The number of aromatic nitrogens is 3. The molecule has 3 aromatic rings. The number of hydrogen-bond donors (Lipinski definition) is 0. The van der Waals surface area contributed by atoms with Crippen LogP contribution in [0.5, 0.6) is 0 Å². The Kier molecular flexibility index (Phi) is 4.30. The van der Waals surface area contributed by atoms with E-state index in [2.05, 4.69) is 10.1 Å². The fraction of sp³-hybridized carbons (Fsp3) is 0.235. The molecule has 0 unspecified atom stereocenters. The number of aryl methyl sites for hydroxylation is 1. The van der Waals surface area contributed by atoms with E-state index in [1.165, 1.54) is 6.20 Å². The van der Waals surface area contributed by atoms with E-state index in [1.54, 1.807) is 11.6 Å². The molecule has 3 rings (SSSR count). The maximum Gasteiger partial charge on any atom is 0.341 e. The number of hydrogen-bond acceptors (Lipinski definition) is 4. The highest BCUT2D eigenvalue weighted by Crippen LogP contribution is 2.29. The van der Waals surface area contributed by atoms with Crippen molar-refractivity contribution in [1.82, 2.24) is 14.8 Å². The number of fused-ring (bicyclic) bond motifs is 1. The molecule has 0 aliphatic carbocycles. The molecule has 0 bridgehead atoms. The summed E-state index contributed by atoms with van der Waals surface area (Å²) in [5.74, 6) is -0.470. The van der Waals surface area contributed by atoms with Crippen LogP contribution in [0, 0.1) is 6.92 Å². The highest BCUT2D eigenvalue weighted by atomic mass is 35.5. The van der Waals surface area contributed by atoms with Gasteiger partial charge in [-0.25, -0.2) is 14.5 Å². The molecule has 0 amide bonds. The van der Waals surface area contributed by atoms with Gasteiger partial charge in [-0.05, 0) is 19.4 Å². The molecule has 118 valence electrons. The van der Waals surface area contributed by atoms with Gasteiger partial charge in [0.25, 0.3) is 0 Å². The van der Waals surface area contributed by atoms with Crippen molar-refractivity contribution in [2.24, 2.45) is 0 Å². The lowest BCUT2D eigenvalue weighted by Crippen LogP contribution is -2.07. The first-order valence-corrected chi connectivity index (χ1v) is 7.72. The molecule has 0 atom stereocenters. The second-order valence-corrected chi connectivity index (χ2v) is 5.51. The average molecular weight is 330 g/mol. The zero-order valence-electron chi connectivity index (χ0n) is 12.9. The maximum absolute atomic E-state index is 11.9. The molecule has 23 heavy (non-hydrogen) atoms. The van der Waals surface area contributed by atoms with E-state index < -0.39 is 5.97 Å². The monoisotopic (exact) mass is 329 g/mol. The van der Waals surface area contributed by atoms with Crippen molar-refractivity contribution in [2.75, 3.05) is 6.61 Å². The van der Waals surface area contributed by atoms with Gasteiger partial charge in [-0.15, -0.1) is 0 Å². The summed E-state index contributed by atoms with van der Waals surface area (Å²) < 4.78 is 6.80. The van der Waals surface area contributed by atoms with Gasteiger partial charge in [0.15, 0.2) is 5.65 Å². The molecule has 0 N–H and O–H groups in total. The minimum atomic E-state index is -0.470. The summed E-state index contributed by atoms with van der Waals surface area (Å²) in [6, 6.07) is 9.98. The van der Waals surface area contributed by atoms with Gasteiger partial charge >= 0.3 is 5.97 Å². The molecule has 2 heterocycles. The highest BCUT2D eigenvalue weighted by molar-refractivity contribution is 6.38. The van der Waals surface area contributed by atoms with Crippen LogP contribution in [0.25, 0.3) is 11.0 Å². The van der Waals surface area contributed by atoms with E-state index in [4.69, 9.17) is 16.3 Å². The first-order valence-electron chi connectivity index (χ1n) is 7.34. The Hall–Kier alpha value is -2.40. The molecule has 0 saturated carbocycles. The highest BCUT2D eigenvalue weighted by Gasteiger charge is 2.20. The third-order valence-corrected chi connectivity index (χ3v) is 3.94. The number of benzene rings is 1.